The van der Waals surface area contributed by atoms with E-state index in [2.05, 4.69) is 45.0 Å². The molecule has 0 saturated carbocycles. The highest BCUT2D eigenvalue weighted by Gasteiger charge is 2.27. The van der Waals surface area contributed by atoms with Gasteiger partial charge in [0.15, 0.2) is 0 Å². The Hall–Kier alpha value is -2.23. The molecule has 0 amide bonds. The van der Waals surface area contributed by atoms with Crippen LogP contribution in [0.3, 0.4) is 0 Å². The van der Waals surface area contributed by atoms with Gasteiger partial charge in [0.2, 0.25) is 0 Å². The van der Waals surface area contributed by atoms with E-state index < -0.39 is 7.82 Å². The molecule has 33 heavy (non-hydrogen) atoms. The van der Waals surface area contributed by atoms with Gasteiger partial charge in [-0.05, 0) is 46.9 Å². The van der Waals surface area contributed by atoms with E-state index in [0.29, 0.717) is 6.61 Å². The van der Waals surface area contributed by atoms with Gasteiger partial charge in [-0.3, -0.25) is 13.6 Å². The van der Waals surface area contributed by atoms with Gasteiger partial charge in [-0.1, -0.05) is 106 Å². The van der Waals surface area contributed by atoms with Crippen LogP contribution < -0.4 is 0 Å². The Morgan fingerprint density at radius 2 is 1.24 bits per heavy atom. The standard InChI is InChI=1S/C28H35O4P/c1-4-28(2,3)27-20-12-11-18-26(27)19-13-21-30-33(29,31-22-24-14-7-5-8-15-24)32-23-25-16-9-6-10-17-25/h5-12,14-18,20H,4,13,19,21-23H2,1-3H3. The van der Waals surface area contributed by atoms with Crippen molar-refractivity contribution in [1.29, 1.82) is 0 Å². The Morgan fingerprint density at radius 3 is 1.79 bits per heavy atom. The van der Waals surface area contributed by atoms with Crippen molar-refractivity contribution in [2.24, 2.45) is 0 Å². The molecule has 5 heteroatoms. The lowest BCUT2D eigenvalue weighted by Gasteiger charge is -2.26. The third kappa shape index (κ3) is 7.94. The van der Waals surface area contributed by atoms with Crippen LogP contribution in [0.2, 0.25) is 0 Å². The highest BCUT2D eigenvalue weighted by molar-refractivity contribution is 7.48. The number of phosphoric ester groups is 1. The molecule has 0 bridgehead atoms. The van der Waals surface area contributed by atoms with Crippen molar-refractivity contribution in [1.82, 2.24) is 0 Å². The summed E-state index contributed by atoms with van der Waals surface area (Å²) in [6.45, 7) is 7.38. The first-order valence-corrected chi connectivity index (χ1v) is 13.1. The fourth-order valence-corrected chi connectivity index (χ4v) is 4.79. The molecule has 3 aromatic carbocycles. The van der Waals surface area contributed by atoms with Crippen LogP contribution >= 0.6 is 7.82 Å². The number of hydrogen-bond acceptors (Lipinski definition) is 4. The van der Waals surface area contributed by atoms with Gasteiger partial charge in [-0.25, -0.2) is 4.57 Å². The molecule has 0 unspecified atom stereocenters. The molecule has 3 aromatic rings. The van der Waals surface area contributed by atoms with Crippen molar-refractivity contribution in [3.63, 3.8) is 0 Å². The molecule has 0 heterocycles. The zero-order chi connectivity index (χ0) is 23.6. The van der Waals surface area contributed by atoms with Gasteiger partial charge in [0.25, 0.3) is 0 Å². The minimum Gasteiger partial charge on any atom is -0.287 e. The lowest BCUT2D eigenvalue weighted by Crippen LogP contribution is -2.18. The van der Waals surface area contributed by atoms with Crippen molar-refractivity contribution in [3.8, 4) is 0 Å². The molecule has 0 saturated heterocycles. The predicted octanol–water partition coefficient (Wildman–Crippen LogP) is 7.87. The van der Waals surface area contributed by atoms with Gasteiger partial charge >= 0.3 is 7.82 Å². The molecule has 0 spiro atoms. The average molecular weight is 467 g/mol. The molecule has 0 atom stereocenters. The fourth-order valence-electron chi connectivity index (χ4n) is 3.60. The van der Waals surface area contributed by atoms with Crippen molar-refractivity contribution < 1.29 is 18.1 Å². The molecule has 0 aliphatic heterocycles. The first-order valence-electron chi connectivity index (χ1n) is 11.6. The highest BCUT2D eigenvalue weighted by Crippen LogP contribution is 2.51. The molecule has 0 radical (unpaired) electrons. The van der Waals surface area contributed by atoms with E-state index in [9.17, 15) is 4.57 Å². The summed E-state index contributed by atoms with van der Waals surface area (Å²) >= 11 is 0. The normalized spacial score (nSPS) is 12.1. The van der Waals surface area contributed by atoms with Gasteiger partial charge in [0, 0.05) is 0 Å². The molecule has 3 rings (SSSR count). The number of rotatable bonds is 13. The van der Waals surface area contributed by atoms with E-state index >= 15 is 0 Å². The Morgan fingerprint density at radius 1 is 0.727 bits per heavy atom. The summed E-state index contributed by atoms with van der Waals surface area (Å²) in [6, 6.07) is 27.8. The third-order valence-electron chi connectivity index (χ3n) is 5.93. The van der Waals surface area contributed by atoms with Crippen molar-refractivity contribution in [3.05, 3.63) is 107 Å². The molecule has 4 nitrogen and oxygen atoms in total. The van der Waals surface area contributed by atoms with Crippen LogP contribution in [0.25, 0.3) is 0 Å². The number of hydrogen-bond donors (Lipinski definition) is 0. The van der Waals surface area contributed by atoms with Crippen molar-refractivity contribution in [2.75, 3.05) is 6.61 Å². The van der Waals surface area contributed by atoms with Crippen LogP contribution in [-0.4, -0.2) is 6.61 Å². The Bertz CT molecular complexity index is 971. The summed E-state index contributed by atoms with van der Waals surface area (Å²) in [6.07, 6.45) is 2.64. The number of benzene rings is 3. The van der Waals surface area contributed by atoms with Crippen LogP contribution in [0.1, 0.15) is 55.9 Å². The molecule has 176 valence electrons. The minimum absolute atomic E-state index is 0.115. The zero-order valence-corrected chi connectivity index (χ0v) is 20.8. The highest BCUT2D eigenvalue weighted by atomic mass is 31.2. The molecule has 0 aromatic heterocycles. The van der Waals surface area contributed by atoms with E-state index in [1.54, 1.807) is 0 Å². The van der Waals surface area contributed by atoms with Gasteiger partial charge in [0.1, 0.15) is 0 Å². The predicted molar refractivity (Wildman–Crippen MR) is 134 cm³/mol. The molecule has 0 aliphatic rings. The molecule has 0 N–H and O–H groups in total. The Kier molecular flexibility index (Phi) is 9.46. The van der Waals surface area contributed by atoms with Crippen LogP contribution in [0.5, 0.6) is 0 Å². The second-order valence-corrected chi connectivity index (χ2v) is 10.5. The Labute approximate surface area is 198 Å². The van der Waals surface area contributed by atoms with Gasteiger partial charge in [-0.15, -0.1) is 0 Å². The fraction of sp³-hybridized carbons (Fsp3) is 0.357. The maximum Gasteiger partial charge on any atom is 0.475 e. The monoisotopic (exact) mass is 466 g/mol. The van der Waals surface area contributed by atoms with E-state index in [-0.39, 0.29) is 18.6 Å². The topological polar surface area (TPSA) is 44.8 Å². The molecule has 0 aliphatic carbocycles. The van der Waals surface area contributed by atoms with E-state index in [4.69, 9.17) is 13.6 Å². The van der Waals surface area contributed by atoms with Crippen molar-refractivity contribution >= 4 is 7.82 Å². The van der Waals surface area contributed by atoms with E-state index in [0.717, 1.165) is 30.4 Å². The number of phosphoric acid groups is 1. The number of aryl methyl sites for hydroxylation is 1. The summed E-state index contributed by atoms with van der Waals surface area (Å²) in [5.74, 6) is 0. The Balaban J connectivity index is 1.61. The SMILES string of the molecule is CCC(C)(C)c1ccccc1CCCOP(=O)(OCc1ccccc1)OCc1ccccc1. The summed E-state index contributed by atoms with van der Waals surface area (Å²) in [7, 11) is -3.72. The quantitative estimate of drug-likeness (QED) is 0.190. The maximum absolute atomic E-state index is 13.4. The minimum atomic E-state index is -3.72. The van der Waals surface area contributed by atoms with E-state index in [1.807, 2.05) is 60.7 Å². The first-order chi connectivity index (χ1) is 15.9. The molecular formula is C28H35O4P. The first kappa shape index (κ1) is 25.4. The van der Waals surface area contributed by atoms with Gasteiger partial charge in [0.05, 0.1) is 19.8 Å². The lowest BCUT2D eigenvalue weighted by atomic mass is 9.79. The zero-order valence-electron chi connectivity index (χ0n) is 19.9. The molecular weight excluding hydrogens is 431 g/mol. The largest absolute Gasteiger partial charge is 0.475 e. The second-order valence-electron chi connectivity index (χ2n) is 8.80. The maximum atomic E-state index is 13.4. The summed E-state index contributed by atoms with van der Waals surface area (Å²) in [4.78, 5) is 0. The summed E-state index contributed by atoms with van der Waals surface area (Å²) in [5.41, 5.74) is 4.61. The van der Waals surface area contributed by atoms with Crippen LogP contribution in [0.15, 0.2) is 84.9 Å². The van der Waals surface area contributed by atoms with E-state index in [1.165, 1.54) is 11.1 Å². The average Bonchev–Trinajstić information content (AvgIpc) is 2.86. The summed E-state index contributed by atoms with van der Waals surface area (Å²) < 4.78 is 30.5. The van der Waals surface area contributed by atoms with Crippen LogP contribution in [0.4, 0.5) is 0 Å². The second kappa shape index (κ2) is 12.3. The van der Waals surface area contributed by atoms with Gasteiger partial charge in [-0.2, -0.15) is 0 Å². The lowest BCUT2D eigenvalue weighted by molar-refractivity contribution is 0.102. The van der Waals surface area contributed by atoms with Crippen LogP contribution in [0, 0.1) is 0 Å². The van der Waals surface area contributed by atoms with Crippen LogP contribution in [-0.2, 0) is 43.2 Å². The van der Waals surface area contributed by atoms with Crippen molar-refractivity contribution in [2.45, 2.75) is 58.7 Å². The third-order valence-corrected chi connectivity index (χ3v) is 7.32. The van der Waals surface area contributed by atoms with Gasteiger partial charge < -0.3 is 0 Å². The molecule has 0 fully saturated rings. The smallest absolute Gasteiger partial charge is 0.287 e. The summed E-state index contributed by atoms with van der Waals surface area (Å²) in [5, 5.41) is 0.